The minimum atomic E-state index is -3.64. The van der Waals surface area contributed by atoms with Crippen LogP contribution in [0.5, 0.6) is 0 Å². The number of hydrogen-bond donors (Lipinski definition) is 1. The molecule has 30 heavy (non-hydrogen) atoms. The van der Waals surface area contributed by atoms with E-state index in [2.05, 4.69) is 26.2 Å². The van der Waals surface area contributed by atoms with E-state index >= 15 is 0 Å². The number of fused-ring (bicyclic) bond motifs is 1. The maximum atomic E-state index is 13.1. The molecule has 2 aliphatic rings. The summed E-state index contributed by atoms with van der Waals surface area (Å²) in [4.78, 5) is 31.7. The van der Waals surface area contributed by atoms with E-state index in [-0.39, 0.29) is 19.1 Å². The first kappa shape index (κ1) is 23.0. The number of aryl methyl sites for hydroxylation is 1. The topological polar surface area (TPSA) is 115 Å². The Morgan fingerprint density at radius 3 is 2.60 bits per heavy atom. The minimum absolute atomic E-state index is 0.0757. The Labute approximate surface area is 184 Å². The SMILES string of the molecule is Cc1ccc(Br)nc1NC(=O)[C@@H]1CC2(COS(C)(=O)=O)CC2N1C(=O)OC(C)(C)C. The number of halogens is 1. The first-order chi connectivity index (χ1) is 13.7. The van der Waals surface area contributed by atoms with Crippen molar-refractivity contribution in [1.82, 2.24) is 9.88 Å². The van der Waals surface area contributed by atoms with Gasteiger partial charge in [0.25, 0.3) is 10.1 Å². The van der Waals surface area contributed by atoms with Crippen LogP contribution < -0.4 is 5.32 Å². The Morgan fingerprint density at radius 2 is 2.00 bits per heavy atom. The summed E-state index contributed by atoms with van der Waals surface area (Å²) >= 11 is 3.28. The third kappa shape index (κ3) is 5.12. The predicted molar refractivity (Wildman–Crippen MR) is 113 cm³/mol. The predicted octanol–water partition coefficient (Wildman–Crippen LogP) is 2.84. The summed E-state index contributed by atoms with van der Waals surface area (Å²) in [6.07, 6.45) is 1.21. The lowest BCUT2D eigenvalue weighted by Crippen LogP contribution is -2.47. The summed E-state index contributed by atoms with van der Waals surface area (Å²) in [6.45, 7) is 6.98. The van der Waals surface area contributed by atoms with E-state index in [9.17, 15) is 18.0 Å². The van der Waals surface area contributed by atoms with Gasteiger partial charge in [-0.05, 0) is 68.1 Å². The molecule has 1 aliphatic heterocycles. The fourth-order valence-corrected chi connectivity index (χ4v) is 4.46. The van der Waals surface area contributed by atoms with Gasteiger partial charge in [-0.15, -0.1) is 0 Å². The molecule has 1 N–H and O–H groups in total. The number of amides is 2. The fraction of sp³-hybridized carbons (Fsp3) is 0.632. The molecule has 0 aromatic carbocycles. The maximum Gasteiger partial charge on any atom is 0.411 e. The summed E-state index contributed by atoms with van der Waals surface area (Å²) in [6, 6.07) is 2.44. The molecule has 3 rings (SSSR count). The van der Waals surface area contributed by atoms with Crippen molar-refractivity contribution in [3.05, 3.63) is 22.3 Å². The second-order valence-electron chi connectivity index (χ2n) is 8.94. The number of rotatable bonds is 5. The molecule has 1 saturated carbocycles. The van der Waals surface area contributed by atoms with Crippen molar-refractivity contribution < 1.29 is 26.9 Å². The average Bonchev–Trinajstić information content (AvgIpc) is 3.18. The zero-order chi connectivity index (χ0) is 22.5. The van der Waals surface area contributed by atoms with Gasteiger partial charge in [0.1, 0.15) is 22.1 Å². The van der Waals surface area contributed by atoms with Crippen LogP contribution in [0.25, 0.3) is 0 Å². The Kier molecular flexibility index (Phi) is 5.94. The number of nitrogens with zero attached hydrogens (tertiary/aromatic N) is 2. The molecule has 3 atom stereocenters. The number of likely N-dealkylation sites (tertiary alicyclic amines) is 1. The molecular formula is C19H26BrN3O6S. The van der Waals surface area contributed by atoms with Crippen LogP contribution in [0.4, 0.5) is 10.6 Å². The number of hydrogen-bond acceptors (Lipinski definition) is 7. The summed E-state index contributed by atoms with van der Waals surface area (Å²) in [5.41, 5.74) is -0.542. The van der Waals surface area contributed by atoms with Crippen LogP contribution in [0, 0.1) is 12.3 Å². The fourth-order valence-electron chi connectivity index (χ4n) is 3.70. The van der Waals surface area contributed by atoms with Gasteiger partial charge in [0.05, 0.1) is 12.9 Å². The molecule has 166 valence electrons. The van der Waals surface area contributed by atoms with Crippen molar-refractivity contribution in [3.8, 4) is 0 Å². The van der Waals surface area contributed by atoms with Gasteiger partial charge >= 0.3 is 6.09 Å². The number of ether oxygens (including phenoxy) is 1. The Morgan fingerprint density at radius 1 is 1.33 bits per heavy atom. The van der Waals surface area contributed by atoms with Crippen LogP contribution >= 0.6 is 15.9 Å². The van der Waals surface area contributed by atoms with Gasteiger partial charge in [-0.25, -0.2) is 9.78 Å². The molecular weight excluding hydrogens is 478 g/mol. The first-order valence-corrected chi connectivity index (χ1v) is 12.1. The molecule has 11 heteroatoms. The third-order valence-corrected chi connectivity index (χ3v) is 6.18. The van der Waals surface area contributed by atoms with Crippen molar-refractivity contribution in [3.63, 3.8) is 0 Å². The van der Waals surface area contributed by atoms with Gasteiger partial charge in [0.2, 0.25) is 5.91 Å². The highest BCUT2D eigenvalue weighted by Gasteiger charge is 2.68. The molecule has 9 nitrogen and oxygen atoms in total. The second-order valence-corrected chi connectivity index (χ2v) is 11.4. The summed E-state index contributed by atoms with van der Waals surface area (Å²) in [7, 11) is -3.64. The smallest absolute Gasteiger partial charge is 0.411 e. The maximum absolute atomic E-state index is 13.1. The van der Waals surface area contributed by atoms with Crippen LogP contribution in [0.3, 0.4) is 0 Å². The molecule has 2 heterocycles. The van der Waals surface area contributed by atoms with Gasteiger partial charge < -0.3 is 10.1 Å². The summed E-state index contributed by atoms with van der Waals surface area (Å²) < 4.78 is 34.0. The molecule has 0 spiro atoms. The summed E-state index contributed by atoms with van der Waals surface area (Å²) in [5, 5.41) is 2.78. The highest BCUT2D eigenvalue weighted by Crippen LogP contribution is 2.60. The van der Waals surface area contributed by atoms with Crippen molar-refractivity contribution in [1.29, 1.82) is 0 Å². The van der Waals surface area contributed by atoms with Gasteiger partial charge in [-0.2, -0.15) is 8.42 Å². The summed E-state index contributed by atoms with van der Waals surface area (Å²) in [5.74, 6) is -0.0130. The third-order valence-electron chi connectivity index (χ3n) is 5.19. The van der Waals surface area contributed by atoms with Gasteiger partial charge in [-0.3, -0.25) is 13.9 Å². The van der Waals surface area contributed by atoms with E-state index in [1.54, 1.807) is 26.8 Å². The van der Waals surface area contributed by atoms with Crippen LogP contribution in [0.15, 0.2) is 16.7 Å². The number of pyridine rings is 1. The van der Waals surface area contributed by atoms with E-state index in [1.165, 1.54) is 4.90 Å². The lowest BCUT2D eigenvalue weighted by atomic mass is 10.0. The lowest BCUT2D eigenvalue weighted by Gasteiger charge is -2.29. The van der Waals surface area contributed by atoms with E-state index in [0.717, 1.165) is 11.8 Å². The van der Waals surface area contributed by atoms with Crippen LogP contribution in [0.1, 0.15) is 39.2 Å². The Bertz CT molecular complexity index is 977. The van der Waals surface area contributed by atoms with Crippen molar-refractivity contribution in [2.24, 2.45) is 5.41 Å². The number of aromatic nitrogens is 1. The lowest BCUT2D eigenvalue weighted by molar-refractivity contribution is -0.121. The molecule has 0 bridgehead atoms. The quantitative estimate of drug-likeness (QED) is 0.485. The standard InChI is InChI=1S/C19H26BrN3O6S/c1-11-6-7-14(20)21-15(11)22-16(24)12-8-19(10-28-30(5,26)27)9-13(19)23(12)17(25)29-18(2,3)4/h6-7,12-13H,8-10H2,1-5H3,(H,21,22,24)/t12-,13?,19?/m0/s1. The van der Waals surface area contributed by atoms with Gasteiger partial charge in [-0.1, -0.05) is 6.07 Å². The normalized spacial score (nSPS) is 25.6. The van der Waals surface area contributed by atoms with Crippen molar-refractivity contribution in [2.45, 2.75) is 58.2 Å². The molecule has 1 aromatic heterocycles. The number of anilines is 1. The molecule has 2 unspecified atom stereocenters. The average molecular weight is 504 g/mol. The van der Waals surface area contributed by atoms with E-state index < -0.39 is 39.2 Å². The van der Waals surface area contributed by atoms with Crippen molar-refractivity contribution in [2.75, 3.05) is 18.2 Å². The van der Waals surface area contributed by atoms with E-state index in [4.69, 9.17) is 8.92 Å². The van der Waals surface area contributed by atoms with Crippen LogP contribution in [-0.2, 0) is 23.8 Å². The second kappa shape index (κ2) is 7.76. The molecule has 1 saturated heterocycles. The van der Waals surface area contributed by atoms with E-state index in [0.29, 0.717) is 16.8 Å². The minimum Gasteiger partial charge on any atom is -0.444 e. The highest BCUT2D eigenvalue weighted by molar-refractivity contribution is 9.10. The van der Waals surface area contributed by atoms with Crippen LogP contribution in [0.2, 0.25) is 0 Å². The van der Waals surface area contributed by atoms with Gasteiger partial charge in [0, 0.05) is 11.5 Å². The van der Waals surface area contributed by atoms with Crippen molar-refractivity contribution >= 4 is 43.9 Å². The molecule has 0 radical (unpaired) electrons. The molecule has 2 amide bonds. The zero-order valence-electron chi connectivity index (χ0n) is 17.6. The number of carbonyl (C=O) groups is 2. The Hall–Kier alpha value is -1.72. The van der Waals surface area contributed by atoms with Crippen LogP contribution in [-0.4, -0.2) is 60.8 Å². The Balaban J connectivity index is 1.83. The monoisotopic (exact) mass is 503 g/mol. The highest BCUT2D eigenvalue weighted by atomic mass is 79.9. The molecule has 2 fully saturated rings. The zero-order valence-corrected chi connectivity index (χ0v) is 20.0. The van der Waals surface area contributed by atoms with E-state index in [1.807, 2.05) is 13.0 Å². The first-order valence-electron chi connectivity index (χ1n) is 9.50. The number of nitrogens with one attached hydrogen (secondary N) is 1. The molecule has 1 aromatic rings. The largest absolute Gasteiger partial charge is 0.444 e. The van der Waals surface area contributed by atoms with Gasteiger partial charge in [0.15, 0.2) is 0 Å². The number of piperidine rings is 1. The number of carbonyl (C=O) groups excluding carboxylic acids is 2. The molecule has 1 aliphatic carbocycles.